The molecule has 1 aromatic carbocycles. The van der Waals surface area contributed by atoms with Crippen molar-refractivity contribution < 1.29 is 12.8 Å². The van der Waals surface area contributed by atoms with Crippen LogP contribution in [0.2, 0.25) is 0 Å². The number of nitrogens with two attached hydrogens (primary N) is 1. The number of rotatable bonds is 3. The van der Waals surface area contributed by atoms with Crippen molar-refractivity contribution in [3.8, 4) is 0 Å². The van der Waals surface area contributed by atoms with E-state index in [-0.39, 0.29) is 15.4 Å². The largest absolute Gasteiger partial charge is 0.389 e. The van der Waals surface area contributed by atoms with Crippen LogP contribution < -0.4 is 10.5 Å². The fourth-order valence-corrected chi connectivity index (χ4v) is 2.92. The van der Waals surface area contributed by atoms with Crippen LogP contribution in [0.25, 0.3) is 0 Å². The van der Waals surface area contributed by atoms with E-state index in [0.29, 0.717) is 0 Å². The van der Waals surface area contributed by atoms with E-state index < -0.39 is 21.4 Å². The molecule has 0 unspecified atom stereocenters. The maximum Gasteiger partial charge on any atom is 0.241 e. The highest BCUT2D eigenvalue weighted by molar-refractivity contribution is 7.89. The van der Waals surface area contributed by atoms with Gasteiger partial charge in [0.15, 0.2) is 0 Å². The lowest BCUT2D eigenvalue weighted by Gasteiger charge is -2.20. The van der Waals surface area contributed by atoms with E-state index in [0.717, 1.165) is 12.1 Å². The van der Waals surface area contributed by atoms with Crippen molar-refractivity contribution in [1.29, 1.82) is 0 Å². The van der Waals surface area contributed by atoms with Crippen molar-refractivity contribution in [1.82, 2.24) is 4.72 Å². The molecule has 100 valence electrons. The summed E-state index contributed by atoms with van der Waals surface area (Å²) in [6.07, 6.45) is 0. The lowest BCUT2D eigenvalue weighted by Crippen LogP contribution is -2.40. The van der Waals surface area contributed by atoms with Gasteiger partial charge in [-0.3, -0.25) is 0 Å². The molecule has 0 radical (unpaired) electrons. The third kappa shape index (κ3) is 3.72. The Morgan fingerprint density at radius 3 is 2.39 bits per heavy atom. The molecule has 0 aliphatic rings. The Morgan fingerprint density at radius 1 is 1.39 bits per heavy atom. The Labute approximate surface area is 111 Å². The van der Waals surface area contributed by atoms with Gasteiger partial charge in [-0.15, -0.1) is 0 Å². The van der Waals surface area contributed by atoms with Crippen LogP contribution >= 0.6 is 12.2 Å². The van der Waals surface area contributed by atoms with Crippen molar-refractivity contribution in [2.75, 3.05) is 0 Å². The first kappa shape index (κ1) is 15.0. The van der Waals surface area contributed by atoms with Crippen molar-refractivity contribution in [2.45, 2.75) is 31.2 Å². The van der Waals surface area contributed by atoms with Gasteiger partial charge in [0.25, 0.3) is 0 Å². The topological polar surface area (TPSA) is 72.2 Å². The second kappa shape index (κ2) is 4.91. The van der Waals surface area contributed by atoms with E-state index in [1.165, 1.54) is 6.07 Å². The number of benzene rings is 1. The summed E-state index contributed by atoms with van der Waals surface area (Å²) in [5.74, 6) is -0.641. The Morgan fingerprint density at radius 2 is 1.94 bits per heavy atom. The molecule has 0 amide bonds. The van der Waals surface area contributed by atoms with Gasteiger partial charge < -0.3 is 5.73 Å². The first-order valence-corrected chi connectivity index (χ1v) is 7.05. The molecular formula is C11H15FN2O2S2. The zero-order chi connectivity index (χ0) is 14.1. The number of thiocarbonyl (C=S) groups is 1. The molecule has 0 bridgehead atoms. The Balaban J connectivity index is 3.27. The summed E-state index contributed by atoms with van der Waals surface area (Å²) in [6, 6.07) is 3.34. The molecule has 0 spiro atoms. The summed E-state index contributed by atoms with van der Waals surface area (Å²) in [7, 11) is -3.72. The van der Waals surface area contributed by atoms with Crippen LogP contribution in [0.5, 0.6) is 0 Å². The van der Waals surface area contributed by atoms with Crippen molar-refractivity contribution in [3.05, 3.63) is 29.6 Å². The first-order chi connectivity index (χ1) is 8.03. The molecule has 0 saturated carbocycles. The number of nitrogens with one attached hydrogen (secondary N) is 1. The molecule has 0 saturated heterocycles. The number of halogens is 1. The third-order valence-electron chi connectivity index (χ3n) is 1.95. The zero-order valence-corrected chi connectivity index (χ0v) is 12.0. The van der Waals surface area contributed by atoms with Gasteiger partial charge in [-0.25, -0.2) is 17.5 Å². The van der Waals surface area contributed by atoms with E-state index >= 15 is 0 Å². The van der Waals surface area contributed by atoms with E-state index in [2.05, 4.69) is 16.9 Å². The molecule has 7 heteroatoms. The average molecular weight is 290 g/mol. The fraction of sp³-hybridized carbons (Fsp3) is 0.364. The van der Waals surface area contributed by atoms with Crippen molar-refractivity contribution in [2.24, 2.45) is 5.73 Å². The molecule has 0 aliphatic carbocycles. The zero-order valence-electron chi connectivity index (χ0n) is 10.3. The number of hydrogen-bond acceptors (Lipinski definition) is 3. The summed E-state index contributed by atoms with van der Waals surface area (Å²) < 4.78 is 39.9. The third-order valence-corrected chi connectivity index (χ3v) is 3.93. The standard InChI is InChI=1S/C11H15FN2O2S2/c1-11(2,3)14-18(15,16)7-4-5-9(12)8(6-7)10(13)17/h4-6,14H,1-3H3,(H2,13,17). The van der Waals surface area contributed by atoms with Gasteiger partial charge in [-0.2, -0.15) is 0 Å². The van der Waals surface area contributed by atoms with Crippen LogP contribution in [-0.4, -0.2) is 18.9 Å². The van der Waals surface area contributed by atoms with Crippen LogP contribution in [0, 0.1) is 5.82 Å². The van der Waals surface area contributed by atoms with Gasteiger partial charge in [0.2, 0.25) is 10.0 Å². The smallest absolute Gasteiger partial charge is 0.241 e. The Kier molecular flexibility index (Phi) is 4.09. The highest BCUT2D eigenvalue weighted by Gasteiger charge is 2.23. The number of sulfonamides is 1. The van der Waals surface area contributed by atoms with E-state index in [9.17, 15) is 12.8 Å². The average Bonchev–Trinajstić information content (AvgIpc) is 2.13. The minimum Gasteiger partial charge on any atom is -0.389 e. The Hall–Kier alpha value is -1.05. The molecule has 0 aliphatic heterocycles. The van der Waals surface area contributed by atoms with Crippen LogP contribution in [0.15, 0.2) is 23.1 Å². The van der Waals surface area contributed by atoms with Crippen molar-refractivity contribution >= 4 is 27.2 Å². The molecule has 1 rings (SSSR count). The van der Waals surface area contributed by atoms with Crippen molar-refractivity contribution in [3.63, 3.8) is 0 Å². The monoisotopic (exact) mass is 290 g/mol. The first-order valence-electron chi connectivity index (χ1n) is 5.16. The van der Waals surface area contributed by atoms with E-state index in [1.54, 1.807) is 20.8 Å². The minimum absolute atomic E-state index is 0.0679. The van der Waals surface area contributed by atoms with Gasteiger partial charge >= 0.3 is 0 Å². The van der Waals surface area contributed by atoms with E-state index in [4.69, 9.17) is 5.73 Å². The second-order valence-electron chi connectivity index (χ2n) is 4.86. The molecule has 4 nitrogen and oxygen atoms in total. The van der Waals surface area contributed by atoms with Gasteiger partial charge in [-0.1, -0.05) is 12.2 Å². The summed E-state index contributed by atoms with van der Waals surface area (Å²) in [6.45, 7) is 5.13. The predicted octanol–water partition coefficient (Wildman–Crippen LogP) is 1.54. The minimum atomic E-state index is -3.72. The van der Waals surface area contributed by atoms with E-state index in [1.807, 2.05) is 0 Å². The van der Waals surface area contributed by atoms with Crippen LogP contribution in [-0.2, 0) is 10.0 Å². The summed E-state index contributed by atoms with van der Waals surface area (Å²) in [5, 5.41) is 0. The van der Waals surface area contributed by atoms with Gasteiger partial charge in [-0.05, 0) is 39.0 Å². The van der Waals surface area contributed by atoms with Gasteiger partial charge in [0, 0.05) is 11.1 Å². The summed E-state index contributed by atoms with van der Waals surface area (Å²) >= 11 is 4.66. The second-order valence-corrected chi connectivity index (χ2v) is 6.98. The SMILES string of the molecule is CC(C)(C)NS(=O)(=O)c1ccc(F)c(C(N)=S)c1. The highest BCUT2D eigenvalue weighted by atomic mass is 32.2. The predicted molar refractivity (Wildman–Crippen MR) is 72.4 cm³/mol. The molecule has 1 aromatic rings. The van der Waals surface area contributed by atoms with Crippen LogP contribution in [0.3, 0.4) is 0 Å². The molecule has 18 heavy (non-hydrogen) atoms. The van der Waals surface area contributed by atoms with Gasteiger partial charge in [0.1, 0.15) is 10.8 Å². The molecular weight excluding hydrogens is 275 g/mol. The lowest BCUT2D eigenvalue weighted by molar-refractivity contribution is 0.491. The molecule has 0 atom stereocenters. The number of hydrogen-bond donors (Lipinski definition) is 2. The summed E-state index contributed by atoms with van der Waals surface area (Å²) in [5.41, 5.74) is 4.62. The molecule has 0 aromatic heterocycles. The summed E-state index contributed by atoms with van der Waals surface area (Å²) in [4.78, 5) is -0.248. The van der Waals surface area contributed by atoms with Gasteiger partial charge in [0.05, 0.1) is 4.90 Å². The van der Waals surface area contributed by atoms with Crippen LogP contribution in [0.4, 0.5) is 4.39 Å². The molecule has 0 fully saturated rings. The fourth-order valence-electron chi connectivity index (χ4n) is 1.32. The lowest BCUT2D eigenvalue weighted by atomic mass is 10.1. The molecule has 3 N–H and O–H groups in total. The van der Waals surface area contributed by atoms with Crippen LogP contribution in [0.1, 0.15) is 26.3 Å². The highest BCUT2D eigenvalue weighted by Crippen LogP contribution is 2.17. The Bertz CT molecular complexity index is 577. The normalized spacial score (nSPS) is 12.4. The molecule has 0 heterocycles. The maximum atomic E-state index is 13.4. The quantitative estimate of drug-likeness (QED) is 0.828. The maximum absolute atomic E-state index is 13.4.